The number of hydrogen-bond acceptors (Lipinski definition) is 3. The first-order chi connectivity index (χ1) is 14.9. The van der Waals surface area contributed by atoms with Gasteiger partial charge in [0.15, 0.2) is 0 Å². The molecule has 31 heavy (non-hydrogen) atoms. The number of alkyl carbamates (subject to hydrolysis) is 1. The van der Waals surface area contributed by atoms with Gasteiger partial charge in [-0.25, -0.2) is 9.59 Å². The van der Waals surface area contributed by atoms with Crippen molar-refractivity contribution in [3.8, 4) is 11.1 Å². The topological polar surface area (TPSA) is 80.6 Å². The summed E-state index contributed by atoms with van der Waals surface area (Å²) in [5.74, 6) is -1.16. The van der Waals surface area contributed by atoms with Crippen LogP contribution in [0.1, 0.15) is 34.0 Å². The van der Waals surface area contributed by atoms with Gasteiger partial charge in [-0.05, 0) is 47.7 Å². The van der Waals surface area contributed by atoms with Gasteiger partial charge in [-0.2, -0.15) is 0 Å². The number of carboxylic acids is 1. The van der Waals surface area contributed by atoms with Crippen LogP contribution in [0.15, 0.2) is 54.6 Å². The second kappa shape index (κ2) is 8.30. The standard InChI is InChI=1S/C25H26N2O4/c1-15-12-17(16(2)27(15)3)13-23(24(28)29)26-25(30)31-14-22-20-10-6-4-8-18(20)19-9-5-7-11-21(19)22/h4-12,22-23H,13-14H2,1-3H3,(H,26,30)(H,28,29). The molecule has 1 atom stereocenters. The number of fused-ring (bicyclic) bond motifs is 3. The molecule has 4 rings (SSSR count). The van der Waals surface area contributed by atoms with E-state index in [1.165, 1.54) is 0 Å². The Bertz CT molecular complexity index is 1100. The Labute approximate surface area is 181 Å². The Kier molecular flexibility index (Phi) is 5.55. The third-order valence-corrected chi connectivity index (χ3v) is 6.24. The van der Waals surface area contributed by atoms with Crippen LogP contribution in [0.25, 0.3) is 11.1 Å². The second-order valence-electron chi connectivity index (χ2n) is 8.02. The molecule has 1 unspecified atom stereocenters. The number of carbonyl (C=O) groups is 2. The van der Waals surface area contributed by atoms with Gasteiger partial charge in [0.2, 0.25) is 0 Å². The maximum absolute atomic E-state index is 12.5. The highest BCUT2D eigenvalue weighted by Crippen LogP contribution is 2.44. The normalized spacial score (nSPS) is 13.4. The van der Waals surface area contributed by atoms with Crippen molar-refractivity contribution < 1.29 is 19.4 Å². The molecule has 2 N–H and O–H groups in total. The summed E-state index contributed by atoms with van der Waals surface area (Å²) in [4.78, 5) is 24.2. The molecule has 6 heteroatoms. The molecule has 1 aliphatic rings. The summed E-state index contributed by atoms with van der Waals surface area (Å²) in [6.07, 6.45) is -0.521. The predicted molar refractivity (Wildman–Crippen MR) is 118 cm³/mol. The number of rotatable bonds is 6. The smallest absolute Gasteiger partial charge is 0.407 e. The molecule has 2 aromatic carbocycles. The largest absolute Gasteiger partial charge is 0.480 e. The minimum atomic E-state index is -1.09. The molecule has 1 heterocycles. The van der Waals surface area contributed by atoms with Gasteiger partial charge >= 0.3 is 12.1 Å². The van der Waals surface area contributed by atoms with E-state index < -0.39 is 18.1 Å². The van der Waals surface area contributed by atoms with Crippen LogP contribution in [0.5, 0.6) is 0 Å². The number of aromatic nitrogens is 1. The van der Waals surface area contributed by atoms with Crippen molar-refractivity contribution in [3.63, 3.8) is 0 Å². The van der Waals surface area contributed by atoms with Crippen molar-refractivity contribution in [2.75, 3.05) is 6.61 Å². The Morgan fingerprint density at radius 1 is 1.06 bits per heavy atom. The van der Waals surface area contributed by atoms with E-state index in [0.29, 0.717) is 0 Å². The van der Waals surface area contributed by atoms with Crippen molar-refractivity contribution in [2.24, 2.45) is 7.05 Å². The zero-order valence-corrected chi connectivity index (χ0v) is 17.9. The third-order valence-electron chi connectivity index (χ3n) is 6.24. The first-order valence-corrected chi connectivity index (χ1v) is 10.3. The van der Waals surface area contributed by atoms with Crippen molar-refractivity contribution in [1.29, 1.82) is 0 Å². The second-order valence-corrected chi connectivity index (χ2v) is 8.02. The summed E-state index contributed by atoms with van der Waals surface area (Å²) in [5.41, 5.74) is 7.43. The first kappa shape index (κ1) is 20.7. The average molecular weight is 418 g/mol. The minimum absolute atomic E-state index is 0.0690. The minimum Gasteiger partial charge on any atom is -0.480 e. The van der Waals surface area contributed by atoms with Crippen LogP contribution in [-0.4, -0.2) is 34.4 Å². The monoisotopic (exact) mass is 418 g/mol. The van der Waals surface area contributed by atoms with Crippen LogP contribution >= 0.6 is 0 Å². The van der Waals surface area contributed by atoms with Crippen molar-refractivity contribution in [1.82, 2.24) is 9.88 Å². The quantitative estimate of drug-likeness (QED) is 0.629. The molecule has 1 amide bonds. The molecule has 1 aliphatic carbocycles. The van der Waals surface area contributed by atoms with Crippen LogP contribution in [0.4, 0.5) is 4.79 Å². The summed E-state index contributed by atoms with van der Waals surface area (Å²) in [6, 6.07) is 17.1. The molecule has 0 aliphatic heterocycles. The summed E-state index contributed by atoms with van der Waals surface area (Å²) in [6.45, 7) is 4.05. The van der Waals surface area contributed by atoms with Crippen LogP contribution < -0.4 is 5.32 Å². The number of nitrogens with zero attached hydrogens (tertiary/aromatic N) is 1. The fourth-order valence-corrected chi connectivity index (χ4v) is 4.34. The van der Waals surface area contributed by atoms with Crippen LogP contribution in [0, 0.1) is 13.8 Å². The number of benzene rings is 2. The predicted octanol–water partition coefficient (Wildman–Crippen LogP) is 4.18. The number of carboxylic acid groups (broad SMARTS) is 1. The Morgan fingerprint density at radius 2 is 1.65 bits per heavy atom. The Balaban J connectivity index is 1.45. The van der Waals surface area contributed by atoms with Crippen LogP contribution in [0.2, 0.25) is 0 Å². The lowest BCUT2D eigenvalue weighted by atomic mass is 9.98. The molecule has 0 spiro atoms. The SMILES string of the molecule is Cc1cc(CC(NC(=O)OCC2c3ccccc3-c3ccccc32)C(=O)O)c(C)n1C. The molecular formula is C25H26N2O4. The van der Waals surface area contributed by atoms with Crippen LogP contribution in [-0.2, 0) is 23.0 Å². The maximum atomic E-state index is 12.5. The van der Waals surface area contributed by atoms with E-state index in [1.807, 2.05) is 67.9 Å². The number of hydrogen-bond donors (Lipinski definition) is 2. The molecule has 0 saturated carbocycles. The lowest BCUT2D eigenvalue weighted by Gasteiger charge is -2.17. The van der Waals surface area contributed by atoms with Gasteiger partial charge < -0.3 is 19.7 Å². The number of carbonyl (C=O) groups excluding carboxylic acids is 1. The molecule has 0 saturated heterocycles. The summed E-state index contributed by atoms with van der Waals surface area (Å²) < 4.78 is 7.50. The third kappa shape index (κ3) is 3.93. The van der Waals surface area contributed by atoms with Gasteiger partial charge in [0.05, 0.1) is 0 Å². The Morgan fingerprint density at radius 3 is 2.16 bits per heavy atom. The summed E-state index contributed by atoms with van der Waals surface area (Å²) in [7, 11) is 1.93. The fourth-order valence-electron chi connectivity index (χ4n) is 4.34. The maximum Gasteiger partial charge on any atom is 0.407 e. The van der Waals surface area contributed by atoms with Gasteiger partial charge in [-0.1, -0.05) is 48.5 Å². The van der Waals surface area contributed by atoms with Gasteiger partial charge in [0.25, 0.3) is 0 Å². The van der Waals surface area contributed by atoms with Gasteiger partial charge in [0, 0.05) is 30.8 Å². The molecule has 0 radical (unpaired) electrons. The lowest BCUT2D eigenvalue weighted by molar-refractivity contribution is -0.139. The van der Waals surface area contributed by atoms with Crippen molar-refractivity contribution in [2.45, 2.75) is 32.2 Å². The van der Waals surface area contributed by atoms with Crippen LogP contribution in [0.3, 0.4) is 0 Å². The molecule has 0 fully saturated rings. The highest BCUT2D eigenvalue weighted by atomic mass is 16.5. The molecule has 3 aromatic rings. The molecule has 0 bridgehead atoms. The zero-order valence-electron chi connectivity index (χ0n) is 17.9. The highest BCUT2D eigenvalue weighted by Gasteiger charge is 2.30. The van der Waals surface area contributed by atoms with Crippen molar-refractivity contribution >= 4 is 12.1 Å². The molecular weight excluding hydrogens is 392 g/mol. The molecule has 6 nitrogen and oxygen atoms in total. The fraction of sp³-hybridized carbons (Fsp3) is 0.280. The van der Waals surface area contributed by atoms with Gasteiger partial charge in [0.1, 0.15) is 12.6 Å². The van der Waals surface area contributed by atoms with E-state index in [4.69, 9.17) is 4.74 Å². The first-order valence-electron chi connectivity index (χ1n) is 10.3. The Hall–Kier alpha value is -3.54. The van der Waals surface area contributed by atoms with Gasteiger partial charge in [-0.3, -0.25) is 0 Å². The lowest BCUT2D eigenvalue weighted by Crippen LogP contribution is -2.43. The van der Waals surface area contributed by atoms with E-state index in [9.17, 15) is 14.7 Å². The van der Waals surface area contributed by atoms with E-state index in [1.54, 1.807) is 0 Å². The van der Waals surface area contributed by atoms with Crippen molar-refractivity contribution in [3.05, 3.63) is 82.7 Å². The number of nitrogens with one attached hydrogen (secondary N) is 1. The summed E-state index contributed by atoms with van der Waals surface area (Å²) in [5, 5.41) is 12.1. The number of amides is 1. The van der Waals surface area contributed by atoms with E-state index in [-0.39, 0.29) is 18.9 Å². The average Bonchev–Trinajstić information content (AvgIpc) is 3.21. The number of aliphatic carboxylic acids is 1. The highest BCUT2D eigenvalue weighted by molar-refractivity contribution is 5.81. The van der Waals surface area contributed by atoms with E-state index in [2.05, 4.69) is 17.4 Å². The molecule has 160 valence electrons. The van der Waals surface area contributed by atoms with E-state index in [0.717, 1.165) is 39.2 Å². The van der Waals surface area contributed by atoms with E-state index >= 15 is 0 Å². The summed E-state index contributed by atoms with van der Waals surface area (Å²) >= 11 is 0. The number of aryl methyl sites for hydroxylation is 1. The molecule has 1 aromatic heterocycles. The zero-order chi connectivity index (χ0) is 22.1. The number of ether oxygens (including phenoxy) is 1. The van der Waals surface area contributed by atoms with Gasteiger partial charge in [-0.15, -0.1) is 0 Å².